The fourth-order valence-corrected chi connectivity index (χ4v) is 2.57. The summed E-state index contributed by atoms with van der Waals surface area (Å²) in [6, 6.07) is 0.407. The maximum Gasteiger partial charge on any atom is 0.234 e. The summed E-state index contributed by atoms with van der Waals surface area (Å²) in [7, 11) is 0. The van der Waals surface area contributed by atoms with Crippen LogP contribution in [-0.4, -0.2) is 36.5 Å². The van der Waals surface area contributed by atoms with Crippen molar-refractivity contribution in [3.05, 3.63) is 0 Å². The molecule has 2 fully saturated rings. The van der Waals surface area contributed by atoms with E-state index in [1.807, 2.05) is 4.90 Å². The molecule has 2 aliphatic heterocycles. The minimum atomic E-state index is 0.130. The summed E-state index contributed by atoms with van der Waals surface area (Å²) in [5, 5.41) is 3.35. The zero-order valence-corrected chi connectivity index (χ0v) is 8.33. The highest BCUT2D eigenvalue weighted by Crippen LogP contribution is 2.26. The quantitative estimate of drug-likeness (QED) is 0.603. The topological polar surface area (TPSA) is 32.3 Å². The van der Waals surface area contributed by atoms with E-state index in [9.17, 15) is 4.79 Å². The van der Waals surface area contributed by atoms with E-state index < -0.39 is 0 Å². The second kappa shape index (κ2) is 4.02. The Morgan fingerprint density at radius 2 is 2.43 bits per heavy atom. The number of likely N-dealkylation sites (tertiary alicyclic amines) is 1. The molecule has 2 unspecified atom stereocenters. The van der Waals surface area contributed by atoms with Crippen LogP contribution in [0.25, 0.3) is 0 Å². The van der Waals surface area contributed by atoms with Crippen molar-refractivity contribution in [1.29, 1.82) is 0 Å². The highest BCUT2D eigenvalue weighted by Gasteiger charge is 2.36. The Labute approximate surface area is 84.8 Å². The van der Waals surface area contributed by atoms with E-state index in [-0.39, 0.29) is 12.3 Å². The third-order valence-electron chi connectivity index (χ3n) is 3.25. The minimum absolute atomic E-state index is 0.130. The highest BCUT2D eigenvalue weighted by molar-refractivity contribution is 5.79. The first-order valence-electron chi connectivity index (χ1n) is 5.26. The lowest BCUT2D eigenvalue weighted by molar-refractivity contribution is -0.134. The zero-order valence-electron chi connectivity index (χ0n) is 8.33. The summed E-state index contributed by atoms with van der Waals surface area (Å²) in [6.45, 7) is 2.90. The Hall–Kier alpha value is -1.01. The SMILES string of the molecule is C#CCC(=O)N1CCCC2CNCC21. The summed E-state index contributed by atoms with van der Waals surface area (Å²) in [5.74, 6) is 3.22. The van der Waals surface area contributed by atoms with Crippen LogP contribution in [0.4, 0.5) is 0 Å². The van der Waals surface area contributed by atoms with Crippen molar-refractivity contribution >= 4 is 5.91 Å². The highest BCUT2D eigenvalue weighted by atomic mass is 16.2. The smallest absolute Gasteiger partial charge is 0.234 e. The van der Waals surface area contributed by atoms with Crippen LogP contribution in [0.5, 0.6) is 0 Å². The third kappa shape index (κ3) is 1.62. The molecule has 2 saturated heterocycles. The number of piperidine rings is 1. The maximum atomic E-state index is 11.7. The summed E-state index contributed by atoms with van der Waals surface area (Å²) in [6.07, 6.45) is 7.79. The van der Waals surface area contributed by atoms with Crippen molar-refractivity contribution in [2.75, 3.05) is 19.6 Å². The molecule has 14 heavy (non-hydrogen) atoms. The Morgan fingerprint density at radius 1 is 1.57 bits per heavy atom. The molecule has 0 spiro atoms. The van der Waals surface area contributed by atoms with Gasteiger partial charge in [0.05, 0.1) is 6.42 Å². The number of amides is 1. The van der Waals surface area contributed by atoms with Gasteiger partial charge in [0.2, 0.25) is 5.91 Å². The van der Waals surface area contributed by atoms with Crippen LogP contribution in [0, 0.1) is 18.3 Å². The largest absolute Gasteiger partial charge is 0.337 e. The van der Waals surface area contributed by atoms with E-state index in [1.165, 1.54) is 6.42 Å². The number of nitrogens with zero attached hydrogens (tertiary/aromatic N) is 1. The van der Waals surface area contributed by atoms with Gasteiger partial charge in [0, 0.05) is 25.7 Å². The molecule has 2 rings (SSSR count). The van der Waals surface area contributed by atoms with Crippen LogP contribution in [0.2, 0.25) is 0 Å². The van der Waals surface area contributed by atoms with Gasteiger partial charge in [0.15, 0.2) is 0 Å². The van der Waals surface area contributed by atoms with E-state index in [0.29, 0.717) is 12.0 Å². The fraction of sp³-hybridized carbons (Fsp3) is 0.727. The minimum Gasteiger partial charge on any atom is -0.337 e. The van der Waals surface area contributed by atoms with E-state index >= 15 is 0 Å². The van der Waals surface area contributed by atoms with Crippen molar-refractivity contribution in [3.8, 4) is 12.3 Å². The van der Waals surface area contributed by atoms with Gasteiger partial charge in [-0.1, -0.05) is 5.92 Å². The van der Waals surface area contributed by atoms with Crippen LogP contribution in [-0.2, 0) is 4.79 Å². The standard InChI is InChI=1S/C11H16N2O/c1-2-4-11(14)13-6-3-5-9-7-12-8-10(9)13/h1,9-10,12H,3-8H2. The molecule has 0 aromatic rings. The Kier molecular flexibility index (Phi) is 2.74. The second-order valence-electron chi connectivity index (χ2n) is 4.10. The van der Waals surface area contributed by atoms with Crippen LogP contribution in [0.1, 0.15) is 19.3 Å². The fourth-order valence-electron chi connectivity index (χ4n) is 2.57. The molecule has 0 aromatic carbocycles. The molecule has 2 heterocycles. The number of nitrogens with one attached hydrogen (secondary N) is 1. The summed E-state index contributed by atoms with van der Waals surface area (Å²) in [5.41, 5.74) is 0. The number of carbonyl (C=O) groups is 1. The average molecular weight is 192 g/mol. The Morgan fingerprint density at radius 3 is 3.21 bits per heavy atom. The van der Waals surface area contributed by atoms with Gasteiger partial charge in [-0.25, -0.2) is 0 Å². The molecule has 0 saturated carbocycles. The number of hydrogen-bond donors (Lipinski definition) is 1. The molecule has 1 amide bonds. The van der Waals surface area contributed by atoms with E-state index in [0.717, 1.165) is 26.1 Å². The normalized spacial score (nSPS) is 30.9. The van der Waals surface area contributed by atoms with E-state index in [1.54, 1.807) is 0 Å². The van der Waals surface area contributed by atoms with Crippen molar-refractivity contribution in [3.63, 3.8) is 0 Å². The molecule has 3 nitrogen and oxygen atoms in total. The van der Waals surface area contributed by atoms with E-state index in [2.05, 4.69) is 11.2 Å². The van der Waals surface area contributed by atoms with Gasteiger partial charge in [-0.3, -0.25) is 4.79 Å². The van der Waals surface area contributed by atoms with Crippen LogP contribution < -0.4 is 5.32 Å². The average Bonchev–Trinajstić information content (AvgIpc) is 2.65. The van der Waals surface area contributed by atoms with Crippen molar-refractivity contribution < 1.29 is 4.79 Å². The number of hydrogen-bond acceptors (Lipinski definition) is 2. The molecule has 3 heteroatoms. The Balaban J connectivity index is 2.03. The van der Waals surface area contributed by atoms with Crippen LogP contribution in [0.15, 0.2) is 0 Å². The lowest BCUT2D eigenvalue weighted by Gasteiger charge is -2.36. The molecule has 0 radical (unpaired) electrons. The molecule has 0 aromatic heterocycles. The molecule has 76 valence electrons. The maximum absolute atomic E-state index is 11.7. The molecular formula is C11H16N2O. The molecule has 0 aliphatic carbocycles. The van der Waals surface area contributed by atoms with Crippen LogP contribution in [0.3, 0.4) is 0 Å². The molecule has 0 bridgehead atoms. The summed E-state index contributed by atoms with van der Waals surface area (Å²) >= 11 is 0. The Bertz CT molecular complexity index is 269. The van der Waals surface area contributed by atoms with Gasteiger partial charge in [-0.2, -0.15) is 0 Å². The second-order valence-corrected chi connectivity index (χ2v) is 4.10. The summed E-state index contributed by atoms with van der Waals surface area (Å²) < 4.78 is 0. The van der Waals surface area contributed by atoms with Crippen LogP contribution >= 0.6 is 0 Å². The van der Waals surface area contributed by atoms with Gasteiger partial charge in [0.25, 0.3) is 0 Å². The first-order valence-corrected chi connectivity index (χ1v) is 5.26. The first kappa shape index (κ1) is 9.54. The lowest BCUT2D eigenvalue weighted by atomic mass is 9.92. The number of terminal acetylenes is 1. The van der Waals surface area contributed by atoms with Gasteiger partial charge >= 0.3 is 0 Å². The van der Waals surface area contributed by atoms with Gasteiger partial charge < -0.3 is 10.2 Å². The number of rotatable bonds is 1. The molecule has 2 atom stereocenters. The lowest BCUT2D eigenvalue weighted by Crippen LogP contribution is -2.48. The van der Waals surface area contributed by atoms with Gasteiger partial charge in [-0.05, 0) is 18.8 Å². The van der Waals surface area contributed by atoms with Crippen molar-refractivity contribution in [2.24, 2.45) is 5.92 Å². The van der Waals surface area contributed by atoms with Crippen molar-refractivity contribution in [1.82, 2.24) is 10.2 Å². The predicted octanol–water partition coefficient (Wildman–Crippen LogP) is 0.220. The number of carbonyl (C=O) groups excluding carboxylic acids is 1. The third-order valence-corrected chi connectivity index (χ3v) is 3.25. The number of fused-ring (bicyclic) bond motifs is 1. The molecule has 2 aliphatic rings. The zero-order chi connectivity index (χ0) is 9.97. The van der Waals surface area contributed by atoms with E-state index in [4.69, 9.17) is 6.42 Å². The van der Waals surface area contributed by atoms with Crippen molar-refractivity contribution in [2.45, 2.75) is 25.3 Å². The molecular weight excluding hydrogens is 176 g/mol. The predicted molar refractivity (Wildman–Crippen MR) is 54.5 cm³/mol. The first-order chi connectivity index (χ1) is 6.83. The van der Waals surface area contributed by atoms with Gasteiger partial charge in [-0.15, -0.1) is 6.42 Å². The molecule has 1 N–H and O–H groups in total. The van der Waals surface area contributed by atoms with Gasteiger partial charge in [0.1, 0.15) is 0 Å². The monoisotopic (exact) mass is 192 g/mol. The summed E-state index contributed by atoms with van der Waals surface area (Å²) in [4.78, 5) is 13.7.